The number of rotatable bonds is 11. The molecule has 2 amide bonds. The molecule has 0 spiro atoms. The smallest absolute Gasteiger partial charge is 0.234 e. The lowest BCUT2D eigenvalue weighted by Gasteiger charge is -2.17. The fraction of sp³-hybridized carbons (Fsp3) is 0.529. The van der Waals surface area contributed by atoms with Gasteiger partial charge >= 0.3 is 0 Å². The third-order valence-corrected chi connectivity index (χ3v) is 5.84. The molecule has 0 aliphatic carbocycles. The van der Waals surface area contributed by atoms with Gasteiger partial charge in [-0.15, -0.1) is 11.8 Å². The van der Waals surface area contributed by atoms with E-state index >= 15 is 0 Å². The predicted octanol–water partition coefficient (Wildman–Crippen LogP) is 1.45. The van der Waals surface area contributed by atoms with Gasteiger partial charge in [0.2, 0.25) is 21.8 Å². The van der Waals surface area contributed by atoms with Gasteiger partial charge in [-0.3, -0.25) is 9.59 Å². The van der Waals surface area contributed by atoms with Crippen molar-refractivity contribution in [3.05, 3.63) is 29.8 Å². The van der Waals surface area contributed by atoms with E-state index < -0.39 is 10.0 Å². The Labute approximate surface area is 160 Å². The highest BCUT2D eigenvalue weighted by Crippen LogP contribution is 2.09. The third kappa shape index (κ3) is 9.21. The summed E-state index contributed by atoms with van der Waals surface area (Å²) >= 11 is 1.23. The quantitative estimate of drug-likeness (QED) is 0.547. The SMILES string of the molecule is CCN(CCCNC(=O)CSCC(=O)Nc1ccc(C)cc1)S(C)(=O)=O. The number of nitrogens with zero attached hydrogens (tertiary/aromatic N) is 1. The number of carbonyl (C=O) groups excluding carboxylic acids is 2. The average Bonchev–Trinajstić information content (AvgIpc) is 2.55. The van der Waals surface area contributed by atoms with Crippen molar-refractivity contribution in [2.45, 2.75) is 20.3 Å². The van der Waals surface area contributed by atoms with Crippen LogP contribution in [0, 0.1) is 6.92 Å². The Balaban J connectivity index is 2.16. The van der Waals surface area contributed by atoms with Crippen LogP contribution in [0.5, 0.6) is 0 Å². The number of amides is 2. The molecule has 0 saturated heterocycles. The lowest BCUT2D eigenvalue weighted by Crippen LogP contribution is -2.34. The minimum absolute atomic E-state index is 0.154. The van der Waals surface area contributed by atoms with Gasteiger partial charge in [0.1, 0.15) is 0 Å². The van der Waals surface area contributed by atoms with Gasteiger partial charge in [-0.05, 0) is 25.5 Å². The molecule has 7 nitrogen and oxygen atoms in total. The molecule has 0 radical (unpaired) electrons. The second-order valence-corrected chi connectivity index (χ2v) is 8.83. The first-order valence-corrected chi connectivity index (χ1v) is 11.4. The maximum absolute atomic E-state index is 11.8. The van der Waals surface area contributed by atoms with Crippen molar-refractivity contribution in [3.63, 3.8) is 0 Å². The first kappa shape index (κ1) is 22.5. The Bertz CT molecular complexity index is 690. The first-order chi connectivity index (χ1) is 12.2. The fourth-order valence-electron chi connectivity index (χ4n) is 2.16. The second-order valence-electron chi connectivity index (χ2n) is 5.87. The lowest BCUT2D eigenvalue weighted by atomic mass is 10.2. The predicted molar refractivity (Wildman–Crippen MR) is 107 cm³/mol. The van der Waals surface area contributed by atoms with Crippen LogP contribution in [0.15, 0.2) is 24.3 Å². The zero-order valence-corrected chi connectivity index (χ0v) is 17.1. The van der Waals surface area contributed by atoms with E-state index in [9.17, 15) is 18.0 Å². The molecule has 0 saturated carbocycles. The Hall–Kier alpha value is -1.58. The maximum atomic E-state index is 11.8. The number of anilines is 1. The summed E-state index contributed by atoms with van der Waals surface area (Å²) in [6.45, 7) is 4.94. The normalized spacial score (nSPS) is 11.4. The molecule has 9 heteroatoms. The first-order valence-electron chi connectivity index (χ1n) is 8.38. The molecule has 0 heterocycles. The molecule has 0 bridgehead atoms. The van der Waals surface area contributed by atoms with Crippen LogP contribution < -0.4 is 10.6 Å². The molecule has 0 aromatic heterocycles. The molecule has 0 fully saturated rings. The minimum atomic E-state index is -3.20. The molecular weight excluding hydrogens is 374 g/mol. The van der Waals surface area contributed by atoms with Crippen LogP contribution >= 0.6 is 11.8 Å². The van der Waals surface area contributed by atoms with E-state index in [1.54, 1.807) is 6.92 Å². The highest BCUT2D eigenvalue weighted by atomic mass is 32.2. The van der Waals surface area contributed by atoms with Crippen LogP contribution in [-0.2, 0) is 19.6 Å². The molecule has 0 aliphatic heterocycles. The minimum Gasteiger partial charge on any atom is -0.355 e. The van der Waals surface area contributed by atoms with E-state index in [-0.39, 0.29) is 23.3 Å². The summed E-state index contributed by atoms with van der Waals surface area (Å²) in [6.07, 6.45) is 1.72. The summed E-state index contributed by atoms with van der Waals surface area (Å²) in [4.78, 5) is 23.6. The summed E-state index contributed by atoms with van der Waals surface area (Å²) < 4.78 is 24.2. The maximum Gasteiger partial charge on any atom is 0.234 e. The van der Waals surface area contributed by atoms with Crippen molar-refractivity contribution in [1.29, 1.82) is 0 Å². The number of benzene rings is 1. The highest BCUT2D eigenvalue weighted by molar-refractivity contribution is 8.00. The van der Waals surface area contributed by atoms with Crippen molar-refractivity contribution >= 4 is 39.3 Å². The Morgan fingerprint density at radius 2 is 1.73 bits per heavy atom. The van der Waals surface area contributed by atoms with E-state index in [0.717, 1.165) is 11.3 Å². The summed E-state index contributed by atoms with van der Waals surface area (Å²) in [5.74, 6) is 0.0584. The molecule has 0 aliphatic rings. The number of carbonyl (C=O) groups is 2. The number of sulfonamides is 1. The van der Waals surface area contributed by atoms with Crippen LogP contribution in [0.3, 0.4) is 0 Å². The summed E-state index contributed by atoms with van der Waals surface area (Å²) in [5, 5.41) is 5.50. The molecule has 1 aromatic carbocycles. The van der Waals surface area contributed by atoms with Crippen molar-refractivity contribution in [1.82, 2.24) is 9.62 Å². The number of aryl methyl sites for hydroxylation is 1. The zero-order valence-electron chi connectivity index (χ0n) is 15.4. The number of thioether (sulfide) groups is 1. The highest BCUT2D eigenvalue weighted by Gasteiger charge is 2.13. The van der Waals surface area contributed by atoms with Gasteiger partial charge in [0.05, 0.1) is 17.8 Å². The topological polar surface area (TPSA) is 95.6 Å². The monoisotopic (exact) mass is 401 g/mol. The van der Waals surface area contributed by atoms with Gasteiger partial charge in [0.25, 0.3) is 0 Å². The average molecular weight is 402 g/mol. The number of nitrogens with one attached hydrogen (secondary N) is 2. The Morgan fingerprint density at radius 1 is 1.12 bits per heavy atom. The number of hydrogen-bond acceptors (Lipinski definition) is 5. The van der Waals surface area contributed by atoms with Gasteiger partial charge in [0, 0.05) is 25.3 Å². The molecule has 26 heavy (non-hydrogen) atoms. The van der Waals surface area contributed by atoms with E-state index in [4.69, 9.17) is 0 Å². The molecule has 0 unspecified atom stereocenters. The van der Waals surface area contributed by atoms with Crippen molar-refractivity contribution in [3.8, 4) is 0 Å². The van der Waals surface area contributed by atoms with Crippen molar-refractivity contribution in [2.24, 2.45) is 0 Å². The number of hydrogen-bond donors (Lipinski definition) is 2. The standard InChI is InChI=1S/C17H27N3O4S2/c1-4-20(26(3,23)24)11-5-10-18-16(21)12-25-13-17(22)19-15-8-6-14(2)7-9-15/h6-9H,4-5,10-13H2,1-3H3,(H,18,21)(H,19,22). The van der Waals surface area contributed by atoms with Gasteiger partial charge < -0.3 is 10.6 Å². The van der Waals surface area contributed by atoms with Crippen LogP contribution in [0.4, 0.5) is 5.69 Å². The van der Waals surface area contributed by atoms with E-state index in [0.29, 0.717) is 26.1 Å². The van der Waals surface area contributed by atoms with Gasteiger partial charge in [-0.25, -0.2) is 12.7 Å². The Morgan fingerprint density at radius 3 is 2.31 bits per heavy atom. The van der Waals surface area contributed by atoms with Crippen molar-refractivity contribution < 1.29 is 18.0 Å². The van der Waals surface area contributed by atoms with Crippen LogP contribution in [0.1, 0.15) is 18.9 Å². The van der Waals surface area contributed by atoms with Gasteiger partial charge in [0.15, 0.2) is 0 Å². The molecule has 2 N–H and O–H groups in total. The molecule has 146 valence electrons. The summed E-state index contributed by atoms with van der Waals surface area (Å²) in [7, 11) is -3.20. The summed E-state index contributed by atoms with van der Waals surface area (Å²) in [6, 6.07) is 7.50. The van der Waals surface area contributed by atoms with E-state index in [1.165, 1.54) is 22.3 Å². The second kappa shape index (κ2) is 11.2. The Kier molecular flexibility index (Phi) is 9.68. The van der Waals surface area contributed by atoms with Gasteiger partial charge in [-0.1, -0.05) is 24.6 Å². The largest absolute Gasteiger partial charge is 0.355 e. The van der Waals surface area contributed by atoms with Crippen LogP contribution in [0.25, 0.3) is 0 Å². The molecule has 0 atom stereocenters. The van der Waals surface area contributed by atoms with Crippen LogP contribution in [0.2, 0.25) is 0 Å². The lowest BCUT2D eigenvalue weighted by molar-refractivity contribution is -0.118. The van der Waals surface area contributed by atoms with E-state index in [2.05, 4.69) is 10.6 Å². The fourth-order valence-corrected chi connectivity index (χ4v) is 3.74. The summed E-state index contributed by atoms with van der Waals surface area (Å²) in [5.41, 5.74) is 1.85. The molecule has 1 aromatic rings. The van der Waals surface area contributed by atoms with E-state index in [1.807, 2.05) is 31.2 Å². The van der Waals surface area contributed by atoms with Crippen LogP contribution in [-0.4, -0.2) is 61.9 Å². The molecule has 1 rings (SSSR count). The third-order valence-electron chi connectivity index (χ3n) is 3.53. The van der Waals surface area contributed by atoms with Crippen molar-refractivity contribution in [2.75, 3.05) is 42.7 Å². The van der Waals surface area contributed by atoms with Gasteiger partial charge in [-0.2, -0.15) is 0 Å². The molecular formula is C17H27N3O4S2. The zero-order chi connectivity index (χ0) is 19.6.